The Labute approximate surface area is 131 Å². The van der Waals surface area contributed by atoms with Crippen molar-refractivity contribution in [2.45, 2.75) is 32.6 Å². The Bertz CT molecular complexity index is 532. The summed E-state index contributed by atoms with van der Waals surface area (Å²) in [7, 11) is 0. The smallest absolute Gasteiger partial charge is 0.255 e. The Morgan fingerprint density at radius 2 is 2.14 bits per heavy atom. The summed E-state index contributed by atoms with van der Waals surface area (Å²) in [5.74, 6) is 0.0876. The predicted molar refractivity (Wildman–Crippen MR) is 85.9 cm³/mol. The molecule has 1 N–H and O–H groups in total. The number of carbonyl (C=O) groups excluding carboxylic acids is 1. The Morgan fingerprint density at radius 3 is 2.86 bits per heavy atom. The van der Waals surface area contributed by atoms with Crippen molar-refractivity contribution < 1.29 is 4.79 Å². The Hall–Kier alpha value is -1.06. The number of halogens is 1. The maximum atomic E-state index is 12.8. The molecule has 114 valence electrons. The number of benzene rings is 1. The summed E-state index contributed by atoms with van der Waals surface area (Å²) in [5.41, 5.74) is 2.01. The van der Waals surface area contributed by atoms with Crippen molar-refractivity contribution in [2.75, 3.05) is 26.2 Å². The van der Waals surface area contributed by atoms with E-state index in [0.717, 1.165) is 38.2 Å². The summed E-state index contributed by atoms with van der Waals surface area (Å²) < 4.78 is 0. The number of aryl methyl sites for hydroxylation is 1. The van der Waals surface area contributed by atoms with Gasteiger partial charge in [-0.2, -0.15) is 0 Å². The molecule has 0 bridgehead atoms. The molecule has 0 radical (unpaired) electrons. The van der Waals surface area contributed by atoms with Gasteiger partial charge in [-0.15, -0.1) is 0 Å². The summed E-state index contributed by atoms with van der Waals surface area (Å²) in [5, 5.41) is 4.07. The maximum Gasteiger partial charge on any atom is 0.255 e. The lowest BCUT2D eigenvalue weighted by molar-refractivity contribution is 0.0434. The van der Waals surface area contributed by atoms with Crippen LogP contribution < -0.4 is 5.32 Å². The topological polar surface area (TPSA) is 32.3 Å². The van der Waals surface area contributed by atoms with E-state index in [1.807, 2.05) is 30.0 Å². The lowest BCUT2D eigenvalue weighted by atomic mass is 9.74. The van der Waals surface area contributed by atoms with Gasteiger partial charge in [0.25, 0.3) is 5.91 Å². The van der Waals surface area contributed by atoms with Crippen molar-refractivity contribution in [2.24, 2.45) is 5.41 Å². The molecule has 2 aliphatic rings. The number of nitrogens with zero attached hydrogens (tertiary/aromatic N) is 1. The Morgan fingerprint density at radius 1 is 1.33 bits per heavy atom. The summed E-state index contributed by atoms with van der Waals surface area (Å²) >= 11 is 6.26. The third-order valence-corrected chi connectivity index (χ3v) is 5.18. The van der Waals surface area contributed by atoms with Crippen molar-refractivity contribution >= 4 is 17.5 Å². The van der Waals surface area contributed by atoms with Gasteiger partial charge < -0.3 is 10.2 Å². The minimum Gasteiger partial charge on any atom is -0.338 e. The number of amides is 1. The summed E-state index contributed by atoms with van der Waals surface area (Å²) in [6.07, 6.45) is 4.76. The van der Waals surface area contributed by atoms with Crippen LogP contribution in [0, 0.1) is 12.3 Å². The van der Waals surface area contributed by atoms with E-state index in [4.69, 9.17) is 11.6 Å². The minimum absolute atomic E-state index is 0.0876. The molecule has 2 saturated heterocycles. The molecule has 3 nitrogen and oxygen atoms in total. The van der Waals surface area contributed by atoms with Gasteiger partial charge in [-0.05, 0) is 56.8 Å². The van der Waals surface area contributed by atoms with Gasteiger partial charge in [0.2, 0.25) is 0 Å². The maximum absolute atomic E-state index is 12.8. The number of hydrogen-bond acceptors (Lipinski definition) is 2. The van der Waals surface area contributed by atoms with Gasteiger partial charge in [0, 0.05) is 25.0 Å². The van der Waals surface area contributed by atoms with Crippen LogP contribution in [0.15, 0.2) is 18.2 Å². The van der Waals surface area contributed by atoms with E-state index >= 15 is 0 Å². The van der Waals surface area contributed by atoms with Gasteiger partial charge in [0.1, 0.15) is 0 Å². The zero-order chi connectivity index (χ0) is 14.9. The second-order valence-electron chi connectivity index (χ2n) is 6.59. The Kier molecular flexibility index (Phi) is 4.23. The van der Waals surface area contributed by atoms with Gasteiger partial charge in [-0.1, -0.05) is 17.7 Å². The average molecular weight is 307 g/mol. The Balaban J connectivity index is 1.77. The molecule has 0 aromatic heterocycles. The zero-order valence-corrected chi connectivity index (χ0v) is 13.4. The predicted octanol–water partition coefficient (Wildman–Crippen LogP) is 3.25. The van der Waals surface area contributed by atoms with Crippen LogP contribution in [0.5, 0.6) is 0 Å². The van der Waals surface area contributed by atoms with E-state index in [1.54, 1.807) is 0 Å². The molecule has 0 saturated carbocycles. The van der Waals surface area contributed by atoms with Crippen LogP contribution in [-0.2, 0) is 0 Å². The van der Waals surface area contributed by atoms with Crippen LogP contribution in [0.25, 0.3) is 0 Å². The van der Waals surface area contributed by atoms with Crippen LogP contribution in [0.2, 0.25) is 5.02 Å². The summed E-state index contributed by atoms with van der Waals surface area (Å²) in [4.78, 5) is 14.8. The SMILES string of the molecule is Cc1ccc(C(=O)N2CCCC3(CCCNC3)C2)c(Cl)c1. The molecule has 1 aromatic rings. The van der Waals surface area contributed by atoms with Gasteiger partial charge in [0.05, 0.1) is 10.6 Å². The third kappa shape index (κ3) is 3.09. The molecule has 2 heterocycles. The second-order valence-corrected chi connectivity index (χ2v) is 7.00. The molecule has 3 rings (SSSR count). The first kappa shape index (κ1) is 14.9. The van der Waals surface area contributed by atoms with Crippen LogP contribution in [-0.4, -0.2) is 37.0 Å². The molecule has 1 atom stereocenters. The van der Waals surface area contributed by atoms with Crippen molar-refractivity contribution in [3.05, 3.63) is 34.3 Å². The normalized spacial score (nSPS) is 26.1. The second kappa shape index (κ2) is 5.98. The fourth-order valence-electron chi connectivity index (χ4n) is 3.72. The first-order valence-electron chi connectivity index (χ1n) is 7.86. The lowest BCUT2D eigenvalue weighted by Gasteiger charge is -2.45. The number of likely N-dealkylation sites (tertiary alicyclic amines) is 1. The van der Waals surface area contributed by atoms with E-state index in [1.165, 1.54) is 19.3 Å². The van der Waals surface area contributed by atoms with Gasteiger partial charge in [-0.3, -0.25) is 4.79 Å². The van der Waals surface area contributed by atoms with Crippen molar-refractivity contribution in [3.63, 3.8) is 0 Å². The van der Waals surface area contributed by atoms with Crippen LogP contribution in [0.4, 0.5) is 0 Å². The van der Waals surface area contributed by atoms with Gasteiger partial charge >= 0.3 is 0 Å². The molecule has 1 amide bonds. The molecular formula is C17H23ClN2O. The number of carbonyl (C=O) groups is 1. The van der Waals surface area contributed by atoms with E-state index in [9.17, 15) is 4.79 Å². The molecule has 0 aliphatic carbocycles. The first-order valence-corrected chi connectivity index (χ1v) is 8.24. The van der Waals surface area contributed by atoms with E-state index < -0.39 is 0 Å². The van der Waals surface area contributed by atoms with Crippen LogP contribution >= 0.6 is 11.6 Å². The van der Waals surface area contributed by atoms with Crippen LogP contribution in [0.1, 0.15) is 41.6 Å². The van der Waals surface area contributed by atoms with E-state index in [0.29, 0.717) is 10.6 Å². The highest BCUT2D eigenvalue weighted by Gasteiger charge is 2.38. The number of piperidine rings is 2. The quantitative estimate of drug-likeness (QED) is 0.864. The van der Waals surface area contributed by atoms with E-state index in [-0.39, 0.29) is 11.3 Å². The molecule has 4 heteroatoms. The largest absolute Gasteiger partial charge is 0.338 e. The highest BCUT2D eigenvalue weighted by atomic mass is 35.5. The first-order chi connectivity index (χ1) is 10.1. The third-order valence-electron chi connectivity index (χ3n) is 4.86. The number of nitrogens with one attached hydrogen (secondary N) is 1. The van der Waals surface area contributed by atoms with Crippen LogP contribution in [0.3, 0.4) is 0 Å². The van der Waals surface area contributed by atoms with Gasteiger partial charge in [-0.25, -0.2) is 0 Å². The molecular weight excluding hydrogens is 284 g/mol. The highest BCUT2D eigenvalue weighted by Crippen LogP contribution is 2.36. The number of rotatable bonds is 1. The average Bonchev–Trinajstić information content (AvgIpc) is 2.47. The standard InChI is InChI=1S/C17H23ClN2O/c1-13-4-5-14(15(18)10-13)16(21)20-9-3-7-17(12-20)6-2-8-19-11-17/h4-5,10,19H,2-3,6-9,11-12H2,1H3. The van der Waals surface area contributed by atoms with Gasteiger partial charge in [0.15, 0.2) is 0 Å². The minimum atomic E-state index is 0.0876. The molecule has 1 aromatic carbocycles. The molecule has 2 aliphatic heterocycles. The summed E-state index contributed by atoms with van der Waals surface area (Å²) in [6, 6.07) is 5.69. The molecule has 1 spiro atoms. The number of hydrogen-bond donors (Lipinski definition) is 1. The lowest BCUT2D eigenvalue weighted by Crippen LogP contribution is -2.52. The fourth-order valence-corrected chi connectivity index (χ4v) is 4.04. The van der Waals surface area contributed by atoms with Crippen molar-refractivity contribution in [1.29, 1.82) is 0 Å². The zero-order valence-electron chi connectivity index (χ0n) is 12.6. The van der Waals surface area contributed by atoms with Crippen molar-refractivity contribution in [1.82, 2.24) is 10.2 Å². The molecule has 2 fully saturated rings. The monoisotopic (exact) mass is 306 g/mol. The fraction of sp³-hybridized carbons (Fsp3) is 0.588. The van der Waals surface area contributed by atoms with E-state index in [2.05, 4.69) is 5.32 Å². The summed E-state index contributed by atoms with van der Waals surface area (Å²) in [6.45, 7) is 5.86. The highest BCUT2D eigenvalue weighted by molar-refractivity contribution is 6.33. The molecule has 1 unspecified atom stereocenters. The molecule has 21 heavy (non-hydrogen) atoms. The van der Waals surface area contributed by atoms with Crippen molar-refractivity contribution in [3.8, 4) is 0 Å².